The van der Waals surface area contributed by atoms with E-state index in [1.54, 1.807) is 30.2 Å². The van der Waals surface area contributed by atoms with E-state index >= 15 is 0 Å². The third-order valence-electron chi connectivity index (χ3n) is 2.84. The molecule has 4 nitrogen and oxygen atoms in total. The van der Waals surface area contributed by atoms with Gasteiger partial charge in [0.2, 0.25) is 0 Å². The van der Waals surface area contributed by atoms with Crippen molar-refractivity contribution in [3.8, 4) is 5.75 Å². The normalized spacial score (nSPS) is 11.0. The maximum Gasteiger partial charge on any atom is 0.189 e. The van der Waals surface area contributed by atoms with Crippen LogP contribution in [-0.4, -0.2) is 22.2 Å². The Morgan fingerprint density at radius 1 is 1.48 bits per heavy atom. The molecule has 2 aromatic rings. The maximum atomic E-state index is 12.0. The minimum absolute atomic E-state index is 0.0792. The number of rotatable bonds is 6. The highest BCUT2D eigenvalue weighted by molar-refractivity contribution is 9.10. The van der Waals surface area contributed by atoms with Crippen molar-refractivity contribution in [2.75, 3.05) is 6.61 Å². The van der Waals surface area contributed by atoms with Crippen LogP contribution < -0.4 is 4.74 Å². The number of nitrogens with zero attached hydrogens (tertiary/aromatic N) is 2. The molecule has 0 amide bonds. The smallest absolute Gasteiger partial charge is 0.189 e. The third kappa shape index (κ3) is 4.29. The number of carbonyl (C=O) groups is 1. The van der Waals surface area contributed by atoms with Gasteiger partial charge in [0.25, 0.3) is 0 Å². The summed E-state index contributed by atoms with van der Waals surface area (Å²) in [4.78, 5) is 12.0. The van der Waals surface area contributed by atoms with Gasteiger partial charge in [0.1, 0.15) is 5.75 Å². The van der Waals surface area contributed by atoms with Crippen LogP contribution in [0.1, 0.15) is 29.3 Å². The first-order valence-electron chi connectivity index (χ1n) is 6.73. The van der Waals surface area contributed by atoms with Crippen LogP contribution in [-0.2, 0) is 7.05 Å². The van der Waals surface area contributed by atoms with Gasteiger partial charge in [-0.2, -0.15) is 5.10 Å². The molecule has 0 aliphatic heterocycles. The van der Waals surface area contributed by atoms with Gasteiger partial charge in [0, 0.05) is 23.3 Å². The first kappa shape index (κ1) is 15.5. The molecule has 0 N–H and O–H groups in total. The summed E-state index contributed by atoms with van der Waals surface area (Å²) in [6.07, 6.45) is 7.50. The SMILES string of the molecule is CCCOc1ccc(Br)cc1/C=C/C(=O)c1cnn(C)c1. The number of benzene rings is 1. The summed E-state index contributed by atoms with van der Waals surface area (Å²) in [6.45, 7) is 2.71. The zero-order valence-corrected chi connectivity index (χ0v) is 13.6. The second-order valence-corrected chi connectivity index (χ2v) is 5.55. The van der Waals surface area contributed by atoms with E-state index in [2.05, 4.69) is 28.0 Å². The van der Waals surface area contributed by atoms with Crippen LogP contribution in [0.15, 0.2) is 41.1 Å². The fourth-order valence-corrected chi connectivity index (χ4v) is 2.18. The van der Waals surface area contributed by atoms with Gasteiger partial charge in [-0.1, -0.05) is 22.9 Å². The monoisotopic (exact) mass is 348 g/mol. The summed E-state index contributed by atoms with van der Waals surface area (Å²) in [7, 11) is 1.78. The minimum atomic E-state index is -0.0792. The molecule has 0 saturated heterocycles. The first-order chi connectivity index (χ1) is 10.1. The quantitative estimate of drug-likeness (QED) is 0.587. The summed E-state index contributed by atoms with van der Waals surface area (Å²) in [5.74, 6) is 0.694. The first-order valence-corrected chi connectivity index (χ1v) is 7.53. The van der Waals surface area contributed by atoms with E-state index in [1.165, 1.54) is 6.08 Å². The number of hydrogen-bond donors (Lipinski definition) is 0. The molecule has 0 saturated carbocycles. The Bertz CT molecular complexity index is 662. The lowest BCUT2D eigenvalue weighted by Gasteiger charge is -2.08. The Morgan fingerprint density at radius 2 is 2.29 bits per heavy atom. The van der Waals surface area contributed by atoms with Crippen LogP contribution >= 0.6 is 15.9 Å². The minimum Gasteiger partial charge on any atom is -0.493 e. The summed E-state index contributed by atoms with van der Waals surface area (Å²) in [5.41, 5.74) is 1.44. The van der Waals surface area contributed by atoms with Crippen molar-refractivity contribution in [2.45, 2.75) is 13.3 Å². The lowest BCUT2D eigenvalue weighted by molar-refractivity contribution is 0.104. The van der Waals surface area contributed by atoms with Crippen molar-refractivity contribution in [1.82, 2.24) is 9.78 Å². The molecule has 1 aromatic carbocycles. The van der Waals surface area contributed by atoms with Gasteiger partial charge in [-0.25, -0.2) is 0 Å². The van der Waals surface area contributed by atoms with Crippen molar-refractivity contribution >= 4 is 27.8 Å². The van der Waals surface area contributed by atoms with Crippen molar-refractivity contribution in [3.63, 3.8) is 0 Å². The van der Waals surface area contributed by atoms with Gasteiger partial charge in [-0.15, -0.1) is 0 Å². The van der Waals surface area contributed by atoms with Crippen molar-refractivity contribution in [2.24, 2.45) is 7.05 Å². The zero-order chi connectivity index (χ0) is 15.2. The van der Waals surface area contributed by atoms with E-state index in [1.807, 2.05) is 18.2 Å². The van der Waals surface area contributed by atoms with Crippen LogP contribution in [0.2, 0.25) is 0 Å². The average Bonchev–Trinajstić information content (AvgIpc) is 2.90. The predicted octanol–water partition coefficient (Wildman–Crippen LogP) is 3.87. The molecule has 0 unspecified atom stereocenters. The summed E-state index contributed by atoms with van der Waals surface area (Å²) in [6, 6.07) is 5.75. The molecule has 0 aliphatic carbocycles. The number of ketones is 1. The van der Waals surface area contributed by atoms with Gasteiger partial charge in [-0.3, -0.25) is 9.48 Å². The number of hydrogen-bond acceptors (Lipinski definition) is 3. The van der Waals surface area contributed by atoms with E-state index in [9.17, 15) is 4.79 Å². The van der Waals surface area contributed by atoms with Crippen LogP contribution in [0.3, 0.4) is 0 Å². The molecule has 0 bridgehead atoms. The van der Waals surface area contributed by atoms with Gasteiger partial charge in [0.15, 0.2) is 5.78 Å². The van der Waals surface area contributed by atoms with Crippen LogP contribution in [0, 0.1) is 0 Å². The van der Waals surface area contributed by atoms with Crippen LogP contribution in [0.4, 0.5) is 0 Å². The number of allylic oxidation sites excluding steroid dienone is 1. The van der Waals surface area contributed by atoms with Gasteiger partial charge < -0.3 is 4.74 Å². The number of carbonyl (C=O) groups excluding carboxylic acids is 1. The van der Waals surface area contributed by atoms with Gasteiger partial charge in [-0.05, 0) is 36.8 Å². The number of ether oxygens (including phenoxy) is 1. The molecule has 0 atom stereocenters. The average molecular weight is 349 g/mol. The van der Waals surface area contributed by atoms with Crippen molar-refractivity contribution in [1.29, 1.82) is 0 Å². The molecule has 2 rings (SSSR count). The molecular weight excluding hydrogens is 332 g/mol. The largest absolute Gasteiger partial charge is 0.493 e. The van der Waals surface area contributed by atoms with E-state index in [-0.39, 0.29) is 5.78 Å². The maximum absolute atomic E-state index is 12.0. The second-order valence-electron chi connectivity index (χ2n) is 4.63. The summed E-state index contributed by atoms with van der Waals surface area (Å²) in [5, 5.41) is 3.99. The molecule has 5 heteroatoms. The van der Waals surface area contributed by atoms with Crippen LogP contribution in [0.5, 0.6) is 5.75 Å². The highest BCUT2D eigenvalue weighted by Crippen LogP contribution is 2.25. The Balaban J connectivity index is 2.19. The second kappa shape index (κ2) is 7.22. The molecule has 21 heavy (non-hydrogen) atoms. The van der Waals surface area contributed by atoms with Crippen LogP contribution in [0.25, 0.3) is 6.08 Å². The summed E-state index contributed by atoms with van der Waals surface area (Å²) < 4.78 is 8.23. The Hall–Kier alpha value is -1.88. The van der Waals surface area contributed by atoms with Crippen molar-refractivity contribution < 1.29 is 9.53 Å². The number of aryl methyl sites for hydroxylation is 1. The van der Waals surface area contributed by atoms with E-state index in [4.69, 9.17) is 4.74 Å². The lowest BCUT2D eigenvalue weighted by atomic mass is 10.1. The topological polar surface area (TPSA) is 44.1 Å². The van der Waals surface area contributed by atoms with Crippen molar-refractivity contribution in [3.05, 3.63) is 52.3 Å². The Morgan fingerprint density at radius 3 is 2.95 bits per heavy atom. The van der Waals surface area contributed by atoms with Gasteiger partial charge >= 0.3 is 0 Å². The third-order valence-corrected chi connectivity index (χ3v) is 3.33. The predicted molar refractivity (Wildman–Crippen MR) is 86.5 cm³/mol. The van der Waals surface area contributed by atoms with E-state index < -0.39 is 0 Å². The summed E-state index contributed by atoms with van der Waals surface area (Å²) >= 11 is 3.43. The molecule has 1 heterocycles. The Labute approximate surface area is 132 Å². The van der Waals surface area contributed by atoms with E-state index in [0.29, 0.717) is 12.2 Å². The highest BCUT2D eigenvalue weighted by Gasteiger charge is 2.06. The zero-order valence-electron chi connectivity index (χ0n) is 12.0. The molecule has 0 spiro atoms. The fraction of sp³-hybridized carbons (Fsp3) is 0.250. The Kier molecular flexibility index (Phi) is 5.33. The lowest BCUT2D eigenvalue weighted by Crippen LogP contribution is -1.97. The number of aromatic nitrogens is 2. The molecule has 0 aliphatic rings. The highest BCUT2D eigenvalue weighted by atomic mass is 79.9. The van der Waals surface area contributed by atoms with Gasteiger partial charge in [0.05, 0.1) is 18.4 Å². The molecule has 0 fully saturated rings. The standard InChI is InChI=1S/C16H17BrN2O2/c1-3-8-21-16-7-5-14(17)9-12(16)4-6-15(20)13-10-18-19(2)11-13/h4-7,9-11H,3,8H2,1-2H3/b6-4+. The number of halogens is 1. The molecule has 1 aromatic heterocycles. The fourth-order valence-electron chi connectivity index (χ4n) is 1.80. The molecule has 0 radical (unpaired) electrons. The molecular formula is C16H17BrN2O2. The van der Waals surface area contributed by atoms with E-state index in [0.717, 1.165) is 22.2 Å². The molecule has 110 valence electrons.